The first-order valence-electron chi connectivity index (χ1n) is 8.84. The van der Waals surface area contributed by atoms with Gasteiger partial charge in [0.25, 0.3) is 5.91 Å². The highest BCUT2D eigenvalue weighted by atomic mass is 35.5. The molecule has 28 heavy (non-hydrogen) atoms. The highest BCUT2D eigenvalue weighted by Crippen LogP contribution is 2.36. The lowest BCUT2D eigenvalue weighted by atomic mass is 10.0. The lowest BCUT2D eigenvalue weighted by Crippen LogP contribution is -2.55. The molecule has 2 fully saturated rings. The third kappa shape index (κ3) is 4.00. The third-order valence-electron chi connectivity index (χ3n) is 5.24. The molecule has 1 aromatic carbocycles. The van der Waals surface area contributed by atoms with Crippen LogP contribution in [-0.2, 0) is 21.0 Å². The summed E-state index contributed by atoms with van der Waals surface area (Å²) >= 11 is 5.55. The number of carbonyl (C=O) groups is 1. The Labute approximate surface area is 165 Å². The first-order chi connectivity index (χ1) is 12.9. The molecule has 1 aliphatic carbocycles. The minimum absolute atomic E-state index is 0.0614. The minimum atomic E-state index is -4.77. The van der Waals surface area contributed by atoms with Crippen molar-refractivity contribution in [2.24, 2.45) is 0 Å². The Kier molecular flexibility index (Phi) is 5.70. The molecule has 1 saturated heterocycles. The van der Waals surface area contributed by atoms with Crippen LogP contribution in [-0.4, -0.2) is 60.4 Å². The number of sulfonamides is 1. The molecule has 1 N–H and O–H groups in total. The average molecular weight is 441 g/mol. The molecule has 0 spiro atoms. The molecular formula is C17H20ClF3N2O4S. The Bertz CT molecular complexity index is 862. The lowest BCUT2D eigenvalue weighted by Gasteiger charge is -2.37. The van der Waals surface area contributed by atoms with Gasteiger partial charge in [-0.1, -0.05) is 11.6 Å². The number of aliphatic hydroxyl groups is 1. The van der Waals surface area contributed by atoms with E-state index in [4.69, 9.17) is 11.6 Å². The number of halogens is 4. The van der Waals surface area contributed by atoms with E-state index in [0.29, 0.717) is 18.9 Å². The van der Waals surface area contributed by atoms with E-state index in [-0.39, 0.29) is 26.2 Å². The number of benzene rings is 1. The van der Waals surface area contributed by atoms with E-state index in [0.717, 1.165) is 29.3 Å². The lowest BCUT2D eigenvalue weighted by molar-refractivity contribution is -0.151. The van der Waals surface area contributed by atoms with E-state index < -0.39 is 43.2 Å². The largest absolute Gasteiger partial charge is 0.417 e. The summed E-state index contributed by atoms with van der Waals surface area (Å²) < 4.78 is 65.6. The molecular weight excluding hydrogens is 421 g/mol. The van der Waals surface area contributed by atoms with Gasteiger partial charge in [-0.25, -0.2) is 8.42 Å². The normalized spacial score (nSPS) is 21.1. The second-order valence-corrected chi connectivity index (χ2v) is 9.42. The van der Waals surface area contributed by atoms with Crippen molar-refractivity contribution in [3.05, 3.63) is 28.8 Å². The van der Waals surface area contributed by atoms with Crippen molar-refractivity contribution in [2.75, 3.05) is 26.2 Å². The quantitative estimate of drug-likeness (QED) is 0.783. The van der Waals surface area contributed by atoms with Crippen molar-refractivity contribution in [1.29, 1.82) is 0 Å². The molecule has 156 valence electrons. The van der Waals surface area contributed by atoms with Gasteiger partial charge in [0.15, 0.2) is 0 Å². The van der Waals surface area contributed by atoms with Gasteiger partial charge in [-0.3, -0.25) is 4.79 Å². The summed E-state index contributed by atoms with van der Waals surface area (Å²) in [5.74, 6) is -0.409. The molecule has 2 aliphatic rings. The van der Waals surface area contributed by atoms with Crippen LogP contribution in [0.15, 0.2) is 23.1 Å². The number of alkyl halides is 3. The van der Waals surface area contributed by atoms with Crippen LogP contribution in [0.2, 0.25) is 5.02 Å². The monoisotopic (exact) mass is 440 g/mol. The van der Waals surface area contributed by atoms with Crippen molar-refractivity contribution in [2.45, 2.75) is 42.4 Å². The van der Waals surface area contributed by atoms with Crippen LogP contribution in [0.25, 0.3) is 0 Å². The molecule has 1 heterocycles. The molecule has 1 saturated carbocycles. The van der Waals surface area contributed by atoms with Crippen molar-refractivity contribution >= 4 is 27.5 Å². The zero-order chi connectivity index (χ0) is 20.7. The molecule has 1 aliphatic heterocycles. The summed E-state index contributed by atoms with van der Waals surface area (Å²) in [6.07, 6.45) is -2.49. The number of hydrogen-bond acceptors (Lipinski definition) is 4. The van der Waals surface area contributed by atoms with Gasteiger partial charge in [-0.15, -0.1) is 0 Å². The fourth-order valence-corrected chi connectivity index (χ4v) is 5.30. The maximum Gasteiger partial charge on any atom is 0.417 e. The zero-order valence-corrected chi connectivity index (χ0v) is 16.4. The van der Waals surface area contributed by atoms with Gasteiger partial charge in [0.2, 0.25) is 10.0 Å². The van der Waals surface area contributed by atoms with E-state index in [1.54, 1.807) is 0 Å². The molecule has 0 radical (unpaired) electrons. The van der Waals surface area contributed by atoms with E-state index in [9.17, 15) is 31.5 Å². The molecule has 0 unspecified atom stereocenters. The fourth-order valence-electron chi connectivity index (χ4n) is 3.63. The van der Waals surface area contributed by atoms with Gasteiger partial charge >= 0.3 is 6.18 Å². The maximum absolute atomic E-state index is 13.0. The number of nitrogens with zero attached hydrogens (tertiary/aromatic N) is 2. The van der Waals surface area contributed by atoms with Gasteiger partial charge in [0, 0.05) is 26.2 Å². The smallest absolute Gasteiger partial charge is 0.380 e. The number of amides is 1. The number of hydrogen-bond donors (Lipinski definition) is 1. The summed E-state index contributed by atoms with van der Waals surface area (Å²) in [6, 6.07) is 2.47. The van der Waals surface area contributed by atoms with Crippen LogP contribution in [0.4, 0.5) is 13.2 Å². The molecule has 3 rings (SSSR count). The zero-order valence-electron chi connectivity index (χ0n) is 14.9. The van der Waals surface area contributed by atoms with Crippen LogP contribution >= 0.6 is 11.6 Å². The van der Waals surface area contributed by atoms with E-state index in [1.165, 1.54) is 4.90 Å². The summed E-state index contributed by atoms with van der Waals surface area (Å²) in [6.45, 7) is 0.0163. The number of carbonyl (C=O) groups excluding carboxylic acids is 1. The summed E-state index contributed by atoms with van der Waals surface area (Å²) in [7, 11) is -4.17. The number of rotatable bonds is 3. The Morgan fingerprint density at radius 3 is 2.21 bits per heavy atom. The highest BCUT2D eigenvalue weighted by Gasteiger charge is 2.43. The Morgan fingerprint density at radius 1 is 1.11 bits per heavy atom. The summed E-state index contributed by atoms with van der Waals surface area (Å²) in [5.41, 5.74) is -2.61. The first kappa shape index (κ1) is 21.4. The van der Waals surface area contributed by atoms with E-state index >= 15 is 0 Å². The van der Waals surface area contributed by atoms with Crippen LogP contribution in [0.3, 0.4) is 0 Å². The molecule has 0 atom stereocenters. The Morgan fingerprint density at radius 2 is 1.68 bits per heavy atom. The second-order valence-electron chi connectivity index (χ2n) is 7.07. The predicted molar refractivity (Wildman–Crippen MR) is 95.2 cm³/mol. The van der Waals surface area contributed by atoms with Gasteiger partial charge < -0.3 is 10.0 Å². The van der Waals surface area contributed by atoms with E-state index in [2.05, 4.69) is 0 Å². The van der Waals surface area contributed by atoms with Crippen molar-refractivity contribution < 1.29 is 31.5 Å². The number of piperazine rings is 1. The SMILES string of the molecule is O=C(N1CCN(S(=O)(=O)c2ccc(Cl)c(C(F)(F)F)c2)CC1)C1(O)CCCC1. The third-order valence-corrected chi connectivity index (χ3v) is 7.46. The van der Waals surface area contributed by atoms with Crippen molar-refractivity contribution in [3.8, 4) is 0 Å². The maximum atomic E-state index is 13.0. The van der Waals surface area contributed by atoms with Crippen LogP contribution < -0.4 is 0 Å². The molecule has 6 nitrogen and oxygen atoms in total. The van der Waals surface area contributed by atoms with Gasteiger partial charge in [0.05, 0.1) is 15.5 Å². The first-order valence-corrected chi connectivity index (χ1v) is 10.7. The van der Waals surface area contributed by atoms with E-state index in [1.807, 2.05) is 0 Å². The molecule has 0 aromatic heterocycles. The van der Waals surface area contributed by atoms with Gasteiger partial charge in [-0.05, 0) is 43.9 Å². The highest BCUT2D eigenvalue weighted by molar-refractivity contribution is 7.89. The summed E-state index contributed by atoms with van der Waals surface area (Å²) in [4.78, 5) is 13.4. The summed E-state index contributed by atoms with van der Waals surface area (Å²) in [5, 5.41) is 9.83. The topological polar surface area (TPSA) is 77.9 Å². The minimum Gasteiger partial charge on any atom is -0.380 e. The average Bonchev–Trinajstić information content (AvgIpc) is 3.08. The standard InChI is InChI=1S/C17H20ClF3N2O4S/c18-14-4-3-12(11-13(14)17(19,20)21)28(26,27)23-9-7-22(8-10-23)15(24)16(25)5-1-2-6-16/h3-4,11,25H,1-2,5-10H2. The molecule has 0 bridgehead atoms. The van der Waals surface area contributed by atoms with Crippen LogP contribution in [0.5, 0.6) is 0 Å². The van der Waals surface area contributed by atoms with Gasteiger partial charge in [-0.2, -0.15) is 17.5 Å². The fraction of sp³-hybridized carbons (Fsp3) is 0.588. The van der Waals surface area contributed by atoms with Crippen LogP contribution in [0.1, 0.15) is 31.2 Å². The predicted octanol–water partition coefficient (Wildman–Crippen LogP) is 2.50. The van der Waals surface area contributed by atoms with Crippen LogP contribution in [0, 0.1) is 0 Å². The Balaban J connectivity index is 1.74. The van der Waals surface area contributed by atoms with Crippen molar-refractivity contribution in [3.63, 3.8) is 0 Å². The Hall–Kier alpha value is -1.36. The second kappa shape index (κ2) is 7.47. The van der Waals surface area contributed by atoms with Gasteiger partial charge in [0.1, 0.15) is 5.60 Å². The van der Waals surface area contributed by atoms with Crippen molar-refractivity contribution in [1.82, 2.24) is 9.21 Å². The molecule has 1 amide bonds. The molecule has 11 heteroatoms. The molecule has 1 aromatic rings.